The van der Waals surface area contributed by atoms with Crippen LogP contribution in [0.1, 0.15) is 17.7 Å². The topological polar surface area (TPSA) is 12.9 Å². The van der Waals surface area contributed by atoms with E-state index in [1.807, 2.05) is 0 Å². The molecule has 1 nitrogen and oxygen atoms in total. The highest BCUT2D eigenvalue weighted by Gasteiger charge is 2.33. The summed E-state index contributed by atoms with van der Waals surface area (Å²) in [7, 11) is 0. The van der Waals surface area contributed by atoms with Crippen molar-refractivity contribution in [2.45, 2.75) is 12.6 Å². The highest BCUT2D eigenvalue weighted by molar-refractivity contribution is 9.10. The van der Waals surface area contributed by atoms with Crippen molar-refractivity contribution in [1.29, 1.82) is 0 Å². The van der Waals surface area contributed by atoms with E-state index in [1.54, 1.807) is 0 Å². The quantitative estimate of drug-likeness (QED) is 0.561. The van der Waals surface area contributed by atoms with Gasteiger partial charge in [0.05, 0.1) is 5.56 Å². The molecule has 0 bridgehead atoms. The summed E-state index contributed by atoms with van der Waals surface area (Å²) < 4.78 is 59.8. The normalized spacial score (nSPS) is 12.2. The Kier molecular flexibility index (Phi) is 3.08. The van der Waals surface area contributed by atoms with Gasteiger partial charge < -0.3 is 0 Å². The van der Waals surface area contributed by atoms with Gasteiger partial charge in [-0.1, -0.05) is 0 Å². The Balaban J connectivity index is 3.13. The molecule has 0 amide bonds. The molecular formula is C7H3BrF5N. The predicted molar refractivity (Wildman–Crippen MR) is 41.9 cm³/mol. The van der Waals surface area contributed by atoms with Gasteiger partial charge in [-0.2, -0.15) is 13.2 Å². The monoisotopic (exact) mass is 275 g/mol. The standard InChI is InChI=1S/C7H3BrF5N/c8-5-3(6(9)10)1-2-4(14-5)7(11,12)13/h1-2,6H. The molecule has 0 unspecified atom stereocenters. The lowest BCUT2D eigenvalue weighted by Crippen LogP contribution is -2.08. The number of hydrogen-bond donors (Lipinski definition) is 0. The van der Waals surface area contributed by atoms with Crippen molar-refractivity contribution in [3.8, 4) is 0 Å². The number of alkyl halides is 5. The second-order valence-corrected chi connectivity index (χ2v) is 3.13. The molecule has 0 fully saturated rings. The Morgan fingerprint density at radius 3 is 2.14 bits per heavy atom. The summed E-state index contributed by atoms with van der Waals surface area (Å²) >= 11 is 2.55. The van der Waals surface area contributed by atoms with E-state index in [0.29, 0.717) is 12.1 Å². The molecule has 1 heterocycles. The van der Waals surface area contributed by atoms with Gasteiger partial charge in [0.15, 0.2) is 0 Å². The fourth-order valence-electron chi connectivity index (χ4n) is 0.766. The van der Waals surface area contributed by atoms with Crippen LogP contribution in [0.25, 0.3) is 0 Å². The molecule has 0 aromatic carbocycles. The smallest absolute Gasteiger partial charge is 0.236 e. The Bertz CT molecular complexity index is 335. The maximum Gasteiger partial charge on any atom is 0.433 e. The fraction of sp³-hybridized carbons (Fsp3) is 0.286. The van der Waals surface area contributed by atoms with Crippen LogP contribution in [0.2, 0.25) is 0 Å². The molecular weight excluding hydrogens is 273 g/mol. The first kappa shape index (κ1) is 11.4. The SMILES string of the molecule is FC(F)c1ccc(C(F)(F)F)nc1Br. The van der Waals surface area contributed by atoms with Crippen LogP contribution >= 0.6 is 15.9 Å². The zero-order chi connectivity index (χ0) is 10.9. The molecule has 0 aliphatic rings. The van der Waals surface area contributed by atoms with E-state index >= 15 is 0 Å². The minimum absolute atomic E-state index is 0.484. The minimum atomic E-state index is -4.62. The minimum Gasteiger partial charge on any atom is -0.236 e. The van der Waals surface area contributed by atoms with Gasteiger partial charge >= 0.3 is 6.18 Å². The zero-order valence-electron chi connectivity index (χ0n) is 6.45. The second kappa shape index (κ2) is 3.80. The van der Waals surface area contributed by atoms with Crippen molar-refractivity contribution in [3.05, 3.63) is 28.0 Å². The molecule has 0 radical (unpaired) electrons. The van der Waals surface area contributed by atoms with Gasteiger partial charge in [0.1, 0.15) is 10.3 Å². The lowest BCUT2D eigenvalue weighted by Gasteiger charge is -2.08. The van der Waals surface area contributed by atoms with Crippen LogP contribution in [0.4, 0.5) is 22.0 Å². The summed E-state index contributed by atoms with van der Waals surface area (Å²) in [6.45, 7) is 0. The molecule has 7 heteroatoms. The maximum absolute atomic E-state index is 12.1. The highest BCUT2D eigenvalue weighted by atomic mass is 79.9. The summed E-state index contributed by atoms with van der Waals surface area (Å²) in [5.41, 5.74) is -1.76. The molecule has 1 rings (SSSR count). The highest BCUT2D eigenvalue weighted by Crippen LogP contribution is 2.32. The van der Waals surface area contributed by atoms with Crippen molar-refractivity contribution >= 4 is 15.9 Å². The molecule has 78 valence electrons. The van der Waals surface area contributed by atoms with Crippen LogP contribution in [-0.2, 0) is 6.18 Å². The average molecular weight is 276 g/mol. The molecule has 1 aromatic rings. The van der Waals surface area contributed by atoms with Gasteiger partial charge in [-0.3, -0.25) is 0 Å². The Hall–Kier alpha value is -0.720. The lowest BCUT2D eigenvalue weighted by atomic mass is 10.2. The van der Waals surface area contributed by atoms with Crippen LogP contribution in [0.3, 0.4) is 0 Å². The van der Waals surface area contributed by atoms with Gasteiger partial charge in [0.25, 0.3) is 6.43 Å². The van der Waals surface area contributed by atoms with E-state index in [-0.39, 0.29) is 0 Å². The molecule has 0 saturated heterocycles. The van der Waals surface area contributed by atoms with E-state index in [1.165, 1.54) is 0 Å². The van der Waals surface area contributed by atoms with Crippen LogP contribution in [-0.4, -0.2) is 4.98 Å². The second-order valence-electron chi connectivity index (χ2n) is 2.37. The van der Waals surface area contributed by atoms with Crippen LogP contribution in [0.5, 0.6) is 0 Å². The van der Waals surface area contributed by atoms with Crippen molar-refractivity contribution in [3.63, 3.8) is 0 Å². The Labute approximate surface area is 84.1 Å². The third-order valence-electron chi connectivity index (χ3n) is 1.40. The molecule has 0 spiro atoms. The van der Waals surface area contributed by atoms with Crippen LogP contribution in [0, 0.1) is 0 Å². The van der Waals surface area contributed by atoms with E-state index < -0.39 is 28.5 Å². The lowest BCUT2D eigenvalue weighted by molar-refractivity contribution is -0.141. The maximum atomic E-state index is 12.1. The van der Waals surface area contributed by atoms with Crippen LogP contribution < -0.4 is 0 Å². The van der Waals surface area contributed by atoms with E-state index in [2.05, 4.69) is 20.9 Å². The largest absolute Gasteiger partial charge is 0.433 e. The van der Waals surface area contributed by atoms with Crippen molar-refractivity contribution in [1.82, 2.24) is 4.98 Å². The van der Waals surface area contributed by atoms with Gasteiger partial charge in [-0.15, -0.1) is 0 Å². The first-order valence-corrected chi connectivity index (χ1v) is 4.13. The Morgan fingerprint density at radius 1 is 1.21 bits per heavy atom. The van der Waals surface area contributed by atoms with Gasteiger partial charge in [-0.05, 0) is 28.1 Å². The predicted octanol–water partition coefficient (Wildman–Crippen LogP) is 3.80. The summed E-state index contributed by atoms with van der Waals surface area (Å²) in [6, 6.07) is 1.22. The molecule has 1 aromatic heterocycles. The third kappa shape index (κ3) is 2.40. The number of halogens is 6. The number of hydrogen-bond acceptors (Lipinski definition) is 1. The summed E-state index contributed by atoms with van der Waals surface area (Å²) in [5.74, 6) is 0. The Morgan fingerprint density at radius 2 is 1.79 bits per heavy atom. The summed E-state index contributed by atoms with van der Waals surface area (Å²) in [6.07, 6.45) is -7.47. The van der Waals surface area contributed by atoms with Gasteiger partial charge in [-0.25, -0.2) is 13.8 Å². The molecule has 0 saturated carbocycles. The first-order valence-electron chi connectivity index (χ1n) is 3.34. The van der Waals surface area contributed by atoms with E-state index in [0.717, 1.165) is 0 Å². The number of rotatable bonds is 1. The van der Waals surface area contributed by atoms with Gasteiger partial charge in [0.2, 0.25) is 0 Å². The first-order chi connectivity index (χ1) is 6.32. The van der Waals surface area contributed by atoms with Gasteiger partial charge in [0, 0.05) is 0 Å². The summed E-state index contributed by atoms with van der Waals surface area (Å²) in [5, 5.41) is 0. The molecule has 0 aliphatic heterocycles. The fourth-order valence-corrected chi connectivity index (χ4v) is 1.26. The molecule has 0 aliphatic carbocycles. The van der Waals surface area contributed by atoms with Crippen molar-refractivity contribution in [2.24, 2.45) is 0 Å². The van der Waals surface area contributed by atoms with E-state index in [9.17, 15) is 22.0 Å². The molecule has 0 atom stereocenters. The van der Waals surface area contributed by atoms with Crippen molar-refractivity contribution in [2.75, 3.05) is 0 Å². The van der Waals surface area contributed by atoms with Crippen LogP contribution in [0.15, 0.2) is 16.7 Å². The van der Waals surface area contributed by atoms with Crippen molar-refractivity contribution < 1.29 is 22.0 Å². The average Bonchev–Trinajstić information content (AvgIpc) is 2.01. The summed E-state index contributed by atoms with van der Waals surface area (Å²) in [4.78, 5) is 2.98. The number of aromatic nitrogens is 1. The number of nitrogens with zero attached hydrogens (tertiary/aromatic N) is 1. The van der Waals surface area contributed by atoms with E-state index in [4.69, 9.17) is 0 Å². The third-order valence-corrected chi connectivity index (χ3v) is 2.04. The number of pyridine rings is 1. The molecule has 0 N–H and O–H groups in total. The zero-order valence-corrected chi connectivity index (χ0v) is 8.03. The molecule has 14 heavy (non-hydrogen) atoms.